The van der Waals surface area contributed by atoms with Crippen LogP contribution in [0.1, 0.15) is 44.5 Å². The van der Waals surface area contributed by atoms with Crippen molar-refractivity contribution in [3.8, 4) is 0 Å². The monoisotopic (exact) mass is 257 g/mol. The second-order valence-corrected chi connectivity index (χ2v) is 5.50. The van der Waals surface area contributed by atoms with Gasteiger partial charge in [-0.15, -0.1) is 0 Å². The normalized spacial score (nSPS) is 16.0. The fourth-order valence-electron chi connectivity index (χ4n) is 2.20. The maximum atomic E-state index is 6.44. The molecule has 2 unspecified atom stereocenters. The van der Waals surface area contributed by atoms with Crippen LogP contribution in [0.2, 0.25) is 0 Å². The molecule has 3 heteroatoms. The molecule has 0 amide bonds. The first-order chi connectivity index (χ1) is 9.03. The molecule has 2 rings (SSSR count). The highest BCUT2D eigenvalue weighted by Crippen LogP contribution is 2.22. The Morgan fingerprint density at radius 3 is 2.58 bits per heavy atom. The predicted molar refractivity (Wildman–Crippen MR) is 78.9 cm³/mol. The van der Waals surface area contributed by atoms with Gasteiger partial charge in [-0.05, 0) is 31.9 Å². The van der Waals surface area contributed by atoms with Crippen molar-refractivity contribution in [2.24, 2.45) is 5.73 Å². The highest BCUT2D eigenvalue weighted by molar-refractivity contribution is 5.25. The van der Waals surface area contributed by atoms with Crippen LogP contribution in [0, 0.1) is 0 Å². The number of nitrogens with zero attached hydrogens (tertiary/aromatic N) is 2. The van der Waals surface area contributed by atoms with E-state index in [1.165, 1.54) is 0 Å². The topological polar surface area (TPSA) is 43.8 Å². The molecule has 0 aliphatic carbocycles. The van der Waals surface area contributed by atoms with Crippen molar-refractivity contribution in [1.82, 2.24) is 9.78 Å². The van der Waals surface area contributed by atoms with Crippen molar-refractivity contribution < 1.29 is 0 Å². The number of hydrogen-bond acceptors (Lipinski definition) is 2. The van der Waals surface area contributed by atoms with Gasteiger partial charge in [-0.1, -0.05) is 37.3 Å². The average molecular weight is 257 g/mol. The molecule has 0 radical (unpaired) electrons. The van der Waals surface area contributed by atoms with Gasteiger partial charge in [-0.3, -0.25) is 4.68 Å². The molecule has 0 aliphatic rings. The molecular weight excluding hydrogens is 234 g/mol. The lowest BCUT2D eigenvalue weighted by atomic mass is 9.88. The van der Waals surface area contributed by atoms with Crippen molar-refractivity contribution in [2.75, 3.05) is 0 Å². The van der Waals surface area contributed by atoms with Crippen LogP contribution in [-0.4, -0.2) is 9.78 Å². The van der Waals surface area contributed by atoms with Gasteiger partial charge in [0.15, 0.2) is 0 Å². The summed E-state index contributed by atoms with van der Waals surface area (Å²) in [6.45, 7) is 6.41. The van der Waals surface area contributed by atoms with E-state index in [9.17, 15) is 0 Å². The molecule has 3 nitrogen and oxygen atoms in total. The highest BCUT2D eigenvalue weighted by Gasteiger charge is 2.22. The van der Waals surface area contributed by atoms with E-state index in [0.29, 0.717) is 6.04 Å². The number of rotatable bonds is 5. The molecule has 0 saturated heterocycles. The van der Waals surface area contributed by atoms with E-state index in [4.69, 9.17) is 5.73 Å². The van der Waals surface area contributed by atoms with Gasteiger partial charge in [0, 0.05) is 24.2 Å². The van der Waals surface area contributed by atoms with Crippen molar-refractivity contribution in [3.63, 3.8) is 0 Å². The third kappa shape index (κ3) is 3.24. The summed E-state index contributed by atoms with van der Waals surface area (Å²) >= 11 is 0. The van der Waals surface area contributed by atoms with Crippen LogP contribution in [0.15, 0.2) is 42.6 Å². The largest absolute Gasteiger partial charge is 0.321 e. The second kappa shape index (κ2) is 5.57. The van der Waals surface area contributed by atoms with Gasteiger partial charge in [0.25, 0.3) is 0 Å². The first-order valence-corrected chi connectivity index (χ1v) is 6.91. The lowest BCUT2D eigenvalue weighted by Crippen LogP contribution is -2.35. The predicted octanol–water partition coefficient (Wildman–Crippen LogP) is 3.27. The Kier molecular flexibility index (Phi) is 4.05. The summed E-state index contributed by atoms with van der Waals surface area (Å²) in [5.41, 5.74) is 8.26. The van der Waals surface area contributed by atoms with E-state index in [1.54, 1.807) is 0 Å². The van der Waals surface area contributed by atoms with E-state index in [1.807, 2.05) is 29.1 Å². The van der Waals surface area contributed by atoms with Crippen molar-refractivity contribution >= 4 is 0 Å². The molecule has 102 valence electrons. The number of nitrogens with two attached hydrogens (primary N) is 1. The smallest absolute Gasteiger partial charge is 0.0646 e. The molecule has 0 bridgehead atoms. The standard InChI is InChI=1S/C16H23N3/c1-4-13(2)19-11-10-15(18-19)12-16(3,17)14-8-6-5-7-9-14/h5-11,13H,4,12,17H2,1-3H3. The SMILES string of the molecule is CCC(C)n1ccc(CC(C)(N)c2ccccc2)n1. The average Bonchev–Trinajstić information content (AvgIpc) is 2.86. The Hall–Kier alpha value is -1.61. The molecule has 0 spiro atoms. The van der Waals surface area contributed by atoms with E-state index in [2.05, 4.69) is 44.1 Å². The fraction of sp³-hybridized carbons (Fsp3) is 0.438. The van der Waals surface area contributed by atoms with E-state index >= 15 is 0 Å². The molecule has 2 N–H and O–H groups in total. The third-order valence-electron chi connectivity index (χ3n) is 3.69. The number of benzene rings is 1. The summed E-state index contributed by atoms with van der Waals surface area (Å²) in [7, 11) is 0. The molecular formula is C16H23N3. The summed E-state index contributed by atoms with van der Waals surface area (Å²) in [5.74, 6) is 0. The number of aromatic nitrogens is 2. The minimum absolute atomic E-state index is 0.379. The van der Waals surface area contributed by atoms with E-state index < -0.39 is 0 Å². The summed E-state index contributed by atoms with van der Waals surface area (Å²) in [4.78, 5) is 0. The first-order valence-electron chi connectivity index (χ1n) is 6.91. The molecule has 19 heavy (non-hydrogen) atoms. The number of hydrogen-bond donors (Lipinski definition) is 1. The van der Waals surface area contributed by atoms with Gasteiger partial charge in [0.1, 0.15) is 0 Å². The third-order valence-corrected chi connectivity index (χ3v) is 3.69. The van der Waals surface area contributed by atoms with E-state index in [-0.39, 0.29) is 5.54 Å². The minimum atomic E-state index is -0.379. The zero-order valence-corrected chi connectivity index (χ0v) is 12.0. The highest BCUT2D eigenvalue weighted by atomic mass is 15.3. The molecule has 0 saturated carbocycles. The van der Waals surface area contributed by atoms with Crippen LogP contribution >= 0.6 is 0 Å². The Morgan fingerprint density at radius 2 is 1.95 bits per heavy atom. The lowest BCUT2D eigenvalue weighted by molar-refractivity contribution is 0.451. The summed E-state index contributed by atoms with van der Waals surface area (Å²) < 4.78 is 2.02. The van der Waals surface area contributed by atoms with Gasteiger partial charge in [-0.2, -0.15) is 5.10 Å². The van der Waals surface area contributed by atoms with Crippen LogP contribution in [-0.2, 0) is 12.0 Å². The molecule has 1 aromatic carbocycles. The molecule has 2 aromatic rings. The second-order valence-electron chi connectivity index (χ2n) is 5.50. The maximum Gasteiger partial charge on any atom is 0.0646 e. The van der Waals surface area contributed by atoms with Crippen molar-refractivity contribution in [2.45, 2.75) is 45.2 Å². The Labute approximate surface area is 115 Å². The summed E-state index contributed by atoms with van der Waals surface area (Å²) in [6, 6.07) is 12.7. The van der Waals surface area contributed by atoms with Crippen LogP contribution < -0.4 is 5.73 Å². The van der Waals surface area contributed by atoms with E-state index in [0.717, 1.165) is 24.1 Å². The summed E-state index contributed by atoms with van der Waals surface area (Å²) in [6.07, 6.45) is 3.88. The zero-order valence-electron chi connectivity index (χ0n) is 12.0. The zero-order chi connectivity index (χ0) is 13.9. The van der Waals surface area contributed by atoms with Gasteiger partial charge >= 0.3 is 0 Å². The molecule has 0 fully saturated rings. The Bertz CT molecular complexity index is 514. The van der Waals surface area contributed by atoms with Gasteiger partial charge in [-0.25, -0.2) is 0 Å². The summed E-state index contributed by atoms with van der Waals surface area (Å²) in [5, 5.41) is 4.63. The fourth-order valence-corrected chi connectivity index (χ4v) is 2.20. The van der Waals surface area contributed by atoms with Crippen molar-refractivity contribution in [3.05, 3.63) is 53.9 Å². The lowest BCUT2D eigenvalue weighted by Gasteiger charge is -2.24. The van der Waals surface area contributed by atoms with Crippen LogP contribution in [0.25, 0.3) is 0 Å². The first kappa shape index (κ1) is 13.8. The molecule has 1 heterocycles. The maximum absolute atomic E-state index is 6.44. The Balaban J connectivity index is 2.14. The van der Waals surface area contributed by atoms with Gasteiger partial charge in [0.05, 0.1) is 5.69 Å². The molecule has 2 atom stereocenters. The van der Waals surface area contributed by atoms with Crippen molar-refractivity contribution in [1.29, 1.82) is 0 Å². The van der Waals surface area contributed by atoms with Gasteiger partial charge in [0.2, 0.25) is 0 Å². The quantitative estimate of drug-likeness (QED) is 0.893. The van der Waals surface area contributed by atoms with Crippen LogP contribution in [0.3, 0.4) is 0 Å². The molecule has 1 aromatic heterocycles. The van der Waals surface area contributed by atoms with Gasteiger partial charge < -0.3 is 5.73 Å². The minimum Gasteiger partial charge on any atom is -0.321 e. The van der Waals surface area contributed by atoms with Crippen LogP contribution in [0.4, 0.5) is 0 Å². The Morgan fingerprint density at radius 1 is 1.26 bits per heavy atom. The molecule has 0 aliphatic heterocycles. The van der Waals surface area contributed by atoms with Crippen LogP contribution in [0.5, 0.6) is 0 Å².